The molecule has 4 rings (SSSR count). The van der Waals surface area contributed by atoms with Gasteiger partial charge in [0.05, 0.1) is 0 Å². The van der Waals surface area contributed by atoms with Crippen molar-refractivity contribution in [2.75, 3.05) is 13.2 Å². The summed E-state index contributed by atoms with van der Waals surface area (Å²) in [5, 5.41) is 0. The van der Waals surface area contributed by atoms with E-state index in [2.05, 4.69) is 0 Å². The Kier molecular flexibility index (Phi) is 4.09. The molecule has 0 unspecified atom stereocenters. The van der Waals surface area contributed by atoms with E-state index in [0.29, 0.717) is 41.6 Å². The van der Waals surface area contributed by atoms with Crippen LogP contribution in [0.2, 0.25) is 0 Å². The highest BCUT2D eigenvalue weighted by Crippen LogP contribution is 2.31. The molecule has 0 amide bonds. The van der Waals surface area contributed by atoms with Crippen LogP contribution in [0.3, 0.4) is 0 Å². The molecule has 0 saturated carbocycles. The number of ketones is 1. The monoisotopic (exact) mass is 332 g/mol. The highest BCUT2D eigenvalue weighted by Gasteiger charge is 2.16. The second-order valence-electron chi connectivity index (χ2n) is 5.63. The van der Waals surface area contributed by atoms with E-state index in [4.69, 9.17) is 14.2 Å². The van der Waals surface area contributed by atoms with E-state index < -0.39 is 0 Å². The molecule has 4 heteroatoms. The quantitative estimate of drug-likeness (QED) is 0.661. The fourth-order valence-electron chi connectivity index (χ4n) is 2.65. The van der Waals surface area contributed by atoms with E-state index in [0.717, 1.165) is 5.75 Å². The Bertz CT molecular complexity index is 886. The first-order valence-corrected chi connectivity index (χ1v) is 8.07. The van der Waals surface area contributed by atoms with Crippen molar-refractivity contribution in [1.82, 2.24) is 0 Å². The van der Waals surface area contributed by atoms with Gasteiger partial charge in [-0.05, 0) is 54.6 Å². The van der Waals surface area contributed by atoms with Crippen molar-refractivity contribution in [2.45, 2.75) is 0 Å². The topological polar surface area (TPSA) is 44.8 Å². The summed E-state index contributed by atoms with van der Waals surface area (Å²) in [6, 6.07) is 21.9. The fraction of sp³-hybridized carbons (Fsp3) is 0.0952. The van der Waals surface area contributed by atoms with Gasteiger partial charge in [0.1, 0.15) is 24.7 Å². The number of para-hydroxylation sites is 1. The van der Waals surface area contributed by atoms with Crippen LogP contribution in [0.4, 0.5) is 0 Å². The molecule has 0 fully saturated rings. The van der Waals surface area contributed by atoms with Crippen molar-refractivity contribution in [3.8, 4) is 23.0 Å². The van der Waals surface area contributed by atoms with Gasteiger partial charge in [0, 0.05) is 11.1 Å². The Hall–Kier alpha value is -3.27. The Morgan fingerprint density at radius 2 is 1.36 bits per heavy atom. The molecule has 0 radical (unpaired) electrons. The summed E-state index contributed by atoms with van der Waals surface area (Å²) in [7, 11) is 0. The average molecular weight is 332 g/mol. The van der Waals surface area contributed by atoms with Gasteiger partial charge in [-0.15, -0.1) is 0 Å². The molecule has 0 bridgehead atoms. The van der Waals surface area contributed by atoms with Crippen LogP contribution in [-0.4, -0.2) is 19.0 Å². The fourth-order valence-corrected chi connectivity index (χ4v) is 2.65. The molecule has 124 valence electrons. The minimum Gasteiger partial charge on any atom is -0.486 e. The SMILES string of the molecule is O=C(c1ccc(Oc2ccccc2)cc1)c1ccc2c(c1)OCCO2. The van der Waals surface area contributed by atoms with Crippen molar-refractivity contribution in [2.24, 2.45) is 0 Å². The molecule has 3 aromatic rings. The molecule has 0 aliphatic carbocycles. The van der Waals surface area contributed by atoms with Crippen LogP contribution in [0, 0.1) is 0 Å². The molecular formula is C21H16O4. The Morgan fingerprint density at radius 3 is 2.12 bits per heavy atom. The molecule has 0 atom stereocenters. The number of hydrogen-bond donors (Lipinski definition) is 0. The molecule has 4 nitrogen and oxygen atoms in total. The summed E-state index contributed by atoms with van der Waals surface area (Å²) in [5.74, 6) is 2.66. The van der Waals surface area contributed by atoms with Crippen LogP contribution in [0.15, 0.2) is 72.8 Å². The maximum absolute atomic E-state index is 12.7. The summed E-state index contributed by atoms with van der Waals surface area (Å²) in [4.78, 5) is 12.7. The molecular weight excluding hydrogens is 316 g/mol. The predicted molar refractivity (Wildman–Crippen MR) is 93.8 cm³/mol. The van der Waals surface area contributed by atoms with E-state index in [1.54, 1.807) is 42.5 Å². The normalized spacial score (nSPS) is 12.5. The van der Waals surface area contributed by atoms with Gasteiger partial charge < -0.3 is 14.2 Å². The highest BCUT2D eigenvalue weighted by molar-refractivity contribution is 6.09. The van der Waals surface area contributed by atoms with Gasteiger partial charge in [0.15, 0.2) is 17.3 Å². The predicted octanol–water partition coefficient (Wildman–Crippen LogP) is 4.48. The lowest BCUT2D eigenvalue weighted by molar-refractivity contribution is 0.103. The molecule has 1 heterocycles. The molecule has 0 spiro atoms. The van der Waals surface area contributed by atoms with Gasteiger partial charge in [0.25, 0.3) is 0 Å². The number of rotatable bonds is 4. The second-order valence-corrected chi connectivity index (χ2v) is 5.63. The van der Waals surface area contributed by atoms with Gasteiger partial charge in [0.2, 0.25) is 0 Å². The lowest BCUT2D eigenvalue weighted by Crippen LogP contribution is -2.15. The van der Waals surface area contributed by atoms with Crippen molar-refractivity contribution in [3.63, 3.8) is 0 Å². The maximum Gasteiger partial charge on any atom is 0.193 e. The third-order valence-corrected chi connectivity index (χ3v) is 3.90. The smallest absolute Gasteiger partial charge is 0.193 e. The molecule has 3 aromatic carbocycles. The first kappa shape index (κ1) is 15.3. The van der Waals surface area contributed by atoms with E-state index >= 15 is 0 Å². The third-order valence-electron chi connectivity index (χ3n) is 3.90. The third kappa shape index (κ3) is 3.33. The van der Waals surface area contributed by atoms with E-state index in [-0.39, 0.29) is 5.78 Å². The summed E-state index contributed by atoms with van der Waals surface area (Å²) in [6.07, 6.45) is 0. The molecule has 25 heavy (non-hydrogen) atoms. The zero-order chi connectivity index (χ0) is 17.1. The Labute approximate surface area is 145 Å². The number of hydrogen-bond acceptors (Lipinski definition) is 4. The van der Waals surface area contributed by atoms with Crippen LogP contribution >= 0.6 is 0 Å². The Balaban J connectivity index is 1.52. The molecule has 0 N–H and O–H groups in total. The van der Waals surface area contributed by atoms with Crippen molar-refractivity contribution in [3.05, 3.63) is 83.9 Å². The van der Waals surface area contributed by atoms with Gasteiger partial charge in [-0.1, -0.05) is 18.2 Å². The lowest BCUT2D eigenvalue weighted by Gasteiger charge is -2.18. The highest BCUT2D eigenvalue weighted by atomic mass is 16.6. The number of fused-ring (bicyclic) bond motifs is 1. The number of carbonyl (C=O) groups is 1. The maximum atomic E-state index is 12.7. The summed E-state index contributed by atoms with van der Waals surface area (Å²) in [5.41, 5.74) is 1.16. The molecule has 0 saturated heterocycles. The van der Waals surface area contributed by atoms with Gasteiger partial charge in [-0.2, -0.15) is 0 Å². The zero-order valence-corrected chi connectivity index (χ0v) is 13.5. The van der Waals surface area contributed by atoms with Crippen LogP contribution < -0.4 is 14.2 Å². The standard InChI is InChI=1S/C21H16O4/c22-21(16-8-11-19-20(14-16)24-13-12-23-19)15-6-9-18(10-7-15)25-17-4-2-1-3-5-17/h1-11,14H,12-13H2. The first-order valence-electron chi connectivity index (χ1n) is 8.07. The summed E-state index contributed by atoms with van der Waals surface area (Å²) in [6.45, 7) is 1.03. The summed E-state index contributed by atoms with van der Waals surface area (Å²) < 4.78 is 16.8. The molecule has 1 aliphatic rings. The second kappa shape index (κ2) is 6.69. The Morgan fingerprint density at radius 1 is 0.720 bits per heavy atom. The van der Waals surface area contributed by atoms with E-state index in [1.165, 1.54) is 0 Å². The van der Waals surface area contributed by atoms with Crippen molar-refractivity contribution in [1.29, 1.82) is 0 Å². The van der Waals surface area contributed by atoms with Crippen molar-refractivity contribution >= 4 is 5.78 Å². The number of carbonyl (C=O) groups excluding carboxylic acids is 1. The van der Waals surface area contributed by atoms with Gasteiger partial charge >= 0.3 is 0 Å². The average Bonchev–Trinajstić information content (AvgIpc) is 2.68. The van der Waals surface area contributed by atoms with Gasteiger partial charge in [-0.25, -0.2) is 0 Å². The molecule has 0 aromatic heterocycles. The number of ether oxygens (including phenoxy) is 3. The van der Waals surface area contributed by atoms with Crippen LogP contribution in [-0.2, 0) is 0 Å². The van der Waals surface area contributed by atoms with E-state index in [9.17, 15) is 4.79 Å². The lowest BCUT2D eigenvalue weighted by atomic mass is 10.0. The van der Waals surface area contributed by atoms with E-state index in [1.807, 2.05) is 30.3 Å². The van der Waals surface area contributed by atoms with Gasteiger partial charge in [-0.3, -0.25) is 4.79 Å². The minimum absolute atomic E-state index is 0.0664. The first-order chi connectivity index (χ1) is 12.3. The van der Waals surface area contributed by atoms with Crippen molar-refractivity contribution < 1.29 is 19.0 Å². The number of benzene rings is 3. The largest absolute Gasteiger partial charge is 0.486 e. The molecule has 1 aliphatic heterocycles. The zero-order valence-electron chi connectivity index (χ0n) is 13.5. The van der Waals surface area contributed by atoms with Crippen LogP contribution in [0.1, 0.15) is 15.9 Å². The summed E-state index contributed by atoms with van der Waals surface area (Å²) >= 11 is 0. The minimum atomic E-state index is -0.0664. The van der Waals surface area contributed by atoms with Crippen LogP contribution in [0.5, 0.6) is 23.0 Å². The van der Waals surface area contributed by atoms with Crippen LogP contribution in [0.25, 0.3) is 0 Å².